The maximum Gasteiger partial charge on any atom is 0.141 e. The van der Waals surface area contributed by atoms with Gasteiger partial charge in [-0.3, -0.25) is 0 Å². The van der Waals surface area contributed by atoms with Crippen LogP contribution in [0.15, 0.2) is 24.4 Å². The predicted molar refractivity (Wildman–Crippen MR) is 107 cm³/mol. The van der Waals surface area contributed by atoms with Crippen molar-refractivity contribution in [1.29, 1.82) is 0 Å². The maximum absolute atomic E-state index is 6.52. The molecule has 2 heterocycles. The summed E-state index contributed by atoms with van der Waals surface area (Å²) in [6.45, 7) is 0. The molecule has 0 bridgehead atoms. The first-order valence-electron chi connectivity index (χ1n) is 7.80. The zero-order chi connectivity index (χ0) is 18.8. The van der Waals surface area contributed by atoms with E-state index in [1.54, 1.807) is 19.3 Å². The zero-order valence-corrected chi connectivity index (χ0v) is 16.3. The predicted octanol–water partition coefficient (Wildman–Crippen LogP) is 4.70. The van der Waals surface area contributed by atoms with Crippen LogP contribution >= 0.6 is 23.2 Å². The molecule has 3 aromatic rings. The number of hydrogen-bond acceptors (Lipinski definition) is 6. The number of anilines is 2. The van der Waals surface area contributed by atoms with Crippen molar-refractivity contribution in [2.75, 3.05) is 38.9 Å². The van der Waals surface area contributed by atoms with Crippen LogP contribution in [0.5, 0.6) is 11.5 Å². The molecule has 1 aromatic carbocycles. The van der Waals surface area contributed by atoms with E-state index in [2.05, 4.69) is 15.6 Å². The van der Waals surface area contributed by atoms with Crippen molar-refractivity contribution in [2.24, 2.45) is 0 Å². The molecule has 2 aromatic heterocycles. The zero-order valence-electron chi connectivity index (χ0n) is 14.8. The third kappa shape index (κ3) is 3.06. The van der Waals surface area contributed by atoms with Gasteiger partial charge in [0.05, 0.1) is 30.0 Å². The second-order valence-electron chi connectivity index (χ2n) is 5.43. The van der Waals surface area contributed by atoms with Gasteiger partial charge in [0.1, 0.15) is 23.1 Å². The van der Waals surface area contributed by atoms with Gasteiger partial charge < -0.3 is 20.1 Å². The summed E-state index contributed by atoms with van der Waals surface area (Å²) in [6, 6.07) is 5.46. The van der Waals surface area contributed by atoms with Crippen LogP contribution in [0, 0.1) is 0 Å². The molecule has 0 unspecified atom stereocenters. The lowest BCUT2D eigenvalue weighted by atomic mass is 10.1. The van der Waals surface area contributed by atoms with Gasteiger partial charge in [-0.1, -0.05) is 23.2 Å². The number of nitrogens with zero attached hydrogens (tertiary/aromatic N) is 2. The minimum absolute atomic E-state index is 0.368. The highest BCUT2D eigenvalue weighted by molar-refractivity contribution is 6.41. The largest absolute Gasteiger partial charge is 0.495 e. The molecular formula is C18H18Cl2N4O2. The average Bonchev–Trinajstić information content (AvgIpc) is 2.67. The van der Waals surface area contributed by atoms with Gasteiger partial charge in [-0.05, 0) is 12.1 Å². The molecule has 0 aliphatic rings. The molecular weight excluding hydrogens is 375 g/mol. The molecule has 0 spiro atoms. The van der Waals surface area contributed by atoms with E-state index >= 15 is 0 Å². The molecule has 0 radical (unpaired) electrons. The number of rotatable bonds is 5. The standard InChI is InChI=1S/C18H18Cl2N4O2/c1-21-14-6-10-9(8-23-14)5-11(24-18(10)22-2)15-16(19)12(25-3)7-13(26-4)17(15)20/h5-8H,1-4H3,(H,21,23)(H,22,24). The number of fused-ring (bicyclic) bond motifs is 1. The van der Waals surface area contributed by atoms with Crippen LogP contribution in [0.4, 0.5) is 11.6 Å². The van der Waals surface area contributed by atoms with Crippen LogP contribution in [-0.4, -0.2) is 38.3 Å². The molecule has 136 valence electrons. The van der Waals surface area contributed by atoms with E-state index in [4.69, 9.17) is 37.7 Å². The minimum atomic E-state index is 0.368. The maximum atomic E-state index is 6.52. The third-order valence-corrected chi connectivity index (χ3v) is 4.79. The van der Waals surface area contributed by atoms with Crippen LogP contribution in [0.25, 0.3) is 22.0 Å². The summed E-state index contributed by atoms with van der Waals surface area (Å²) in [6.07, 6.45) is 1.77. The van der Waals surface area contributed by atoms with E-state index < -0.39 is 0 Å². The number of nitrogens with one attached hydrogen (secondary N) is 2. The molecule has 0 aliphatic carbocycles. The lowest BCUT2D eigenvalue weighted by Gasteiger charge is -2.16. The van der Waals surface area contributed by atoms with Crippen molar-refractivity contribution in [3.63, 3.8) is 0 Å². The lowest BCUT2D eigenvalue weighted by molar-refractivity contribution is 0.395. The first-order chi connectivity index (χ1) is 12.5. The molecule has 2 N–H and O–H groups in total. The Bertz CT molecular complexity index is 951. The monoisotopic (exact) mass is 392 g/mol. The lowest BCUT2D eigenvalue weighted by Crippen LogP contribution is -2.00. The highest BCUT2D eigenvalue weighted by Crippen LogP contribution is 2.46. The Balaban J connectivity index is 2.32. The molecule has 6 nitrogen and oxygen atoms in total. The number of halogens is 2. The Morgan fingerprint density at radius 2 is 1.58 bits per heavy atom. The smallest absolute Gasteiger partial charge is 0.141 e. The van der Waals surface area contributed by atoms with E-state index in [-0.39, 0.29) is 0 Å². The number of pyridine rings is 2. The summed E-state index contributed by atoms with van der Waals surface area (Å²) in [5.41, 5.74) is 1.13. The summed E-state index contributed by atoms with van der Waals surface area (Å²) in [7, 11) is 6.69. The summed E-state index contributed by atoms with van der Waals surface area (Å²) >= 11 is 13.0. The molecule has 0 saturated heterocycles. The summed E-state index contributed by atoms with van der Waals surface area (Å²) < 4.78 is 10.7. The van der Waals surface area contributed by atoms with Gasteiger partial charge in [0.15, 0.2) is 0 Å². The van der Waals surface area contributed by atoms with E-state index in [0.29, 0.717) is 38.6 Å². The number of benzene rings is 1. The fourth-order valence-corrected chi connectivity index (χ4v) is 3.41. The second-order valence-corrected chi connectivity index (χ2v) is 6.19. The third-order valence-electron chi connectivity index (χ3n) is 4.04. The van der Waals surface area contributed by atoms with E-state index in [1.807, 2.05) is 19.2 Å². The van der Waals surface area contributed by atoms with Crippen molar-refractivity contribution in [3.8, 4) is 22.8 Å². The first kappa shape index (κ1) is 18.4. The van der Waals surface area contributed by atoms with Gasteiger partial charge in [-0.25, -0.2) is 9.97 Å². The number of methoxy groups -OCH3 is 2. The SMILES string of the molecule is CNc1cc2c(NC)nc(-c3c(Cl)c(OC)cc(OC)c3Cl)cc2cn1. The molecule has 26 heavy (non-hydrogen) atoms. The summed E-state index contributed by atoms with van der Waals surface area (Å²) in [4.78, 5) is 9.06. The highest BCUT2D eigenvalue weighted by Gasteiger charge is 2.21. The van der Waals surface area contributed by atoms with Crippen molar-refractivity contribution < 1.29 is 9.47 Å². The van der Waals surface area contributed by atoms with Crippen LogP contribution in [0.1, 0.15) is 0 Å². The molecule has 8 heteroatoms. The van der Waals surface area contributed by atoms with Crippen LogP contribution in [-0.2, 0) is 0 Å². The molecule has 0 aliphatic heterocycles. The van der Waals surface area contributed by atoms with E-state index in [1.165, 1.54) is 14.2 Å². The number of ether oxygens (including phenoxy) is 2. The summed E-state index contributed by atoms with van der Waals surface area (Å²) in [5, 5.41) is 8.69. The molecule has 0 amide bonds. The second kappa shape index (κ2) is 7.43. The van der Waals surface area contributed by atoms with Crippen LogP contribution in [0.3, 0.4) is 0 Å². The number of hydrogen-bond donors (Lipinski definition) is 2. The average molecular weight is 393 g/mol. The molecule has 3 rings (SSSR count). The van der Waals surface area contributed by atoms with Crippen molar-refractivity contribution >= 4 is 45.6 Å². The molecule has 0 saturated carbocycles. The molecule has 0 fully saturated rings. The van der Waals surface area contributed by atoms with Crippen molar-refractivity contribution in [3.05, 3.63) is 34.4 Å². The van der Waals surface area contributed by atoms with Gasteiger partial charge in [0, 0.05) is 42.7 Å². The fourth-order valence-electron chi connectivity index (χ4n) is 2.71. The van der Waals surface area contributed by atoms with Gasteiger partial charge in [0.2, 0.25) is 0 Å². The van der Waals surface area contributed by atoms with E-state index in [9.17, 15) is 0 Å². The van der Waals surface area contributed by atoms with Gasteiger partial charge >= 0.3 is 0 Å². The van der Waals surface area contributed by atoms with Gasteiger partial charge in [-0.2, -0.15) is 0 Å². The number of aromatic nitrogens is 2. The normalized spacial score (nSPS) is 10.7. The Morgan fingerprint density at radius 3 is 2.12 bits per heavy atom. The Kier molecular flexibility index (Phi) is 5.25. The summed E-state index contributed by atoms with van der Waals surface area (Å²) in [5.74, 6) is 2.35. The fraction of sp³-hybridized carbons (Fsp3) is 0.222. The van der Waals surface area contributed by atoms with Crippen molar-refractivity contribution in [2.45, 2.75) is 0 Å². The minimum Gasteiger partial charge on any atom is -0.495 e. The quantitative estimate of drug-likeness (QED) is 0.655. The van der Waals surface area contributed by atoms with Crippen LogP contribution in [0.2, 0.25) is 10.0 Å². The molecule has 0 atom stereocenters. The van der Waals surface area contributed by atoms with Gasteiger partial charge in [0.25, 0.3) is 0 Å². The van der Waals surface area contributed by atoms with E-state index in [0.717, 1.165) is 16.6 Å². The van der Waals surface area contributed by atoms with Crippen molar-refractivity contribution in [1.82, 2.24) is 9.97 Å². The Hall–Kier alpha value is -2.44. The van der Waals surface area contributed by atoms with Crippen LogP contribution < -0.4 is 20.1 Å². The van der Waals surface area contributed by atoms with Gasteiger partial charge in [-0.15, -0.1) is 0 Å². The first-order valence-corrected chi connectivity index (χ1v) is 8.56. The Labute approximate surface area is 161 Å². The Morgan fingerprint density at radius 1 is 0.923 bits per heavy atom. The topological polar surface area (TPSA) is 68.3 Å². The highest BCUT2D eigenvalue weighted by atomic mass is 35.5.